The maximum absolute atomic E-state index is 12.0. The average molecular weight is 300 g/mol. The number of methoxy groups -OCH3 is 1. The summed E-state index contributed by atoms with van der Waals surface area (Å²) in [6.45, 7) is 2.00. The molecule has 2 N–H and O–H groups in total. The summed E-state index contributed by atoms with van der Waals surface area (Å²) in [5, 5.41) is 3.08. The van der Waals surface area contributed by atoms with Gasteiger partial charge in [0.05, 0.1) is 18.4 Å². The Kier molecular flexibility index (Phi) is 6.12. The van der Waals surface area contributed by atoms with E-state index in [-0.39, 0.29) is 23.9 Å². The van der Waals surface area contributed by atoms with Crippen LogP contribution in [-0.2, 0) is 19.6 Å². The highest BCUT2D eigenvalue weighted by atomic mass is 32.2. The van der Waals surface area contributed by atoms with Crippen molar-refractivity contribution in [2.45, 2.75) is 24.3 Å². The van der Waals surface area contributed by atoms with Crippen LogP contribution in [0.1, 0.15) is 24.9 Å². The van der Waals surface area contributed by atoms with Crippen LogP contribution in [0.3, 0.4) is 0 Å². The van der Waals surface area contributed by atoms with E-state index in [2.05, 4.69) is 14.8 Å². The van der Waals surface area contributed by atoms with Gasteiger partial charge in [0.15, 0.2) is 0 Å². The molecule has 0 fully saturated rings. The molecule has 0 amide bonds. The van der Waals surface area contributed by atoms with Crippen molar-refractivity contribution in [2.75, 3.05) is 20.7 Å². The second-order valence-electron chi connectivity index (χ2n) is 4.30. The Labute approximate surface area is 119 Å². The lowest BCUT2D eigenvalue weighted by atomic mass is 10.1. The molecule has 0 heterocycles. The Morgan fingerprint density at radius 2 is 1.90 bits per heavy atom. The fraction of sp³-hybridized carbons (Fsp3) is 0.462. The lowest BCUT2D eigenvalue weighted by Gasteiger charge is -2.11. The first-order valence-electron chi connectivity index (χ1n) is 6.24. The molecular formula is C13H20N2O4S. The number of sulfonamides is 1. The van der Waals surface area contributed by atoms with Crippen LogP contribution in [0, 0.1) is 0 Å². The molecule has 20 heavy (non-hydrogen) atoms. The zero-order chi connectivity index (χ0) is 15.2. The number of hydrogen-bond acceptors (Lipinski definition) is 5. The molecule has 7 heteroatoms. The van der Waals surface area contributed by atoms with Crippen molar-refractivity contribution in [3.63, 3.8) is 0 Å². The lowest BCUT2D eigenvalue weighted by Crippen LogP contribution is -2.26. The van der Waals surface area contributed by atoms with Gasteiger partial charge in [0.25, 0.3) is 0 Å². The number of hydrogen-bond donors (Lipinski definition) is 2. The van der Waals surface area contributed by atoms with Gasteiger partial charge in [0.2, 0.25) is 10.0 Å². The molecule has 1 unspecified atom stereocenters. The minimum atomic E-state index is -3.59. The Bertz CT molecular complexity index is 540. The Morgan fingerprint density at radius 1 is 1.30 bits per heavy atom. The SMILES string of the molecule is CNC(C)c1ccc(S(=O)(=O)NCCC(=O)OC)cc1. The van der Waals surface area contributed by atoms with Gasteiger partial charge >= 0.3 is 5.97 Å². The fourth-order valence-corrected chi connectivity index (χ4v) is 2.61. The third-order valence-corrected chi connectivity index (χ3v) is 4.45. The maximum atomic E-state index is 12.0. The van der Waals surface area contributed by atoms with E-state index in [1.54, 1.807) is 24.3 Å². The minimum absolute atomic E-state index is 0.00457. The molecule has 0 radical (unpaired) electrons. The van der Waals surface area contributed by atoms with Gasteiger partial charge in [-0.05, 0) is 31.7 Å². The van der Waals surface area contributed by atoms with Gasteiger partial charge in [0, 0.05) is 12.6 Å². The first-order valence-corrected chi connectivity index (χ1v) is 7.72. The number of rotatable bonds is 7. The van der Waals surface area contributed by atoms with E-state index in [4.69, 9.17) is 0 Å². The highest BCUT2D eigenvalue weighted by Gasteiger charge is 2.14. The monoisotopic (exact) mass is 300 g/mol. The summed E-state index contributed by atoms with van der Waals surface area (Å²) in [6.07, 6.45) is 0.00457. The van der Waals surface area contributed by atoms with E-state index >= 15 is 0 Å². The van der Waals surface area contributed by atoms with Gasteiger partial charge in [-0.1, -0.05) is 12.1 Å². The van der Waals surface area contributed by atoms with Crippen LogP contribution in [0.25, 0.3) is 0 Å². The molecule has 0 aromatic heterocycles. The van der Waals surface area contributed by atoms with Crippen LogP contribution in [0.4, 0.5) is 0 Å². The molecule has 1 aromatic rings. The number of ether oxygens (including phenoxy) is 1. The summed E-state index contributed by atoms with van der Waals surface area (Å²) in [5.41, 5.74) is 1.00. The van der Waals surface area contributed by atoms with E-state index in [0.717, 1.165) is 5.56 Å². The molecule has 0 aliphatic heterocycles. The molecule has 0 saturated heterocycles. The largest absolute Gasteiger partial charge is 0.469 e. The van der Waals surface area contributed by atoms with E-state index in [9.17, 15) is 13.2 Å². The predicted molar refractivity (Wildman–Crippen MR) is 75.7 cm³/mol. The standard InChI is InChI=1S/C13H20N2O4S/c1-10(14-2)11-4-6-12(7-5-11)20(17,18)15-9-8-13(16)19-3/h4-7,10,14-15H,8-9H2,1-3H3. The number of carbonyl (C=O) groups excluding carboxylic acids is 1. The molecule has 0 aliphatic rings. The van der Waals surface area contributed by atoms with Crippen molar-refractivity contribution in [1.29, 1.82) is 0 Å². The molecule has 112 valence electrons. The number of nitrogens with one attached hydrogen (secondary N) is 2. The Hall–Kier alpha value is -1.44. The van der Waals surface area contributed by atoms with Gasteiger partial charge in [-0.25, -0.2) is 13.1 Å². The Morgan fingerprint density at radius 3 is 2.40 bits per heavy atom. The summed E-state index contributed by atoms with van der Waals surface area (Å²) in [4.78, 5) is 11.1. The van der Waals surface area contributed by atoms with E-state index in [1.807, 2.05) is 14.0 Å². The molecule has 1 aromatic carbocycles. The van der Waals surface area contributed by atoms with E-state index in [1.165, 1.54) is 7.11 Å². The molecule has 0 bridgehead atoms. The average Bonchev–Trinajstić information content (AvgIpc) is 2.46. The van der Waals surface area contributed by atoms with Crippen LogP contribution in [0.5, 0.6) is 0 Å². The highest BCUT2D eigenvalue weighted by molar-refractivity contribution is 7.89. The van der Waals surface area contributed by atoms with E-state index < -0.39 is 16.0 Å². The second kappa shape index (κ2) is 7.37. The first kappa shape index (κ1) is 16.6. The molecule has 1 atom stereocenters. The zero-order valence-corrected chi connectivity index (χ0v) is 12.7. The van der Waals surface area contributed by atoms with Crippen molar-refractivity contribution in [2.24, 2.45) is 0 Å². The predicted octanol–water partition coefficient (Wildman–Crippen LogP) is 0.808. The van der Waals surface area contributed by atoms with Crippen LogP contribution < -0.4 is 10.0 Å². The third-order valence-electron chi connectivity index (χ3n) is 2.97. The maximum Gasteiger partial charge on any atom is 0.306 e. The van der Waals surface area contributed by atoms with Crippen LogP contribution in [-0.4, -0.2) is 35.1 Å². The molecule has 1 rings (SSSR count). The smallest absolute Gasteiger partial charge is 0.306 e. The molecule has 0 spiro atoms. The number of carbonyl (C=O) groups is 1. The summed E-state index contributed by atoms with van der Waals surface area (Å²) in [5.74, 6) is -0.453. The van der Waals surface area contributed by atoms with Crippen molar-refractivity contribution in [3.05, 3.63) is 29.8 Å². The summed E-state index contributed by atoms with van der Waals surface area (Å²) < 4.78 is 30.8. The van der Waals surface area contributed by atoms with Crippen LogP contribution in [0.2, 0.25) is 0 Å². The summed E-state index contributed by atoms with van der Waals surface area (Å²) in [7, 11) is -0.492. The van der Waals surface area contributed by atoms with Crippen molar-refractivity contribution in [3.8, 4) is 0 Å². The van der Waals surface area contributed by atoms with Gasteiger partial charge < -0.3 is 10.1 Å². The summed E-state index contributed by atoms with van der Waals surface area (Å²) >= 11 is 0. The fourth-order valence-electron chi connectivity index (χ4n) is 1.58. The molecule has 0 saturated carbocycles. The Balaban J connectivity index is 2.70. The number of benzene rings is 1. The molecular weight excluding hydrogens is 280 g/mol. The number of esters is 1. The van der Waals surface area contributed by atoms with Gasteiger partial charge in [-0.3, -0.25) is 4.79 Å². The van der Waals surface area contributed by atoms with Crippen molar-refractivity contribution < 1.29 is 17.9 Å². The van der Waals surface area contributed by atoms with Crippen LogP contribution in [0.15, 0.2) is 29.2 Å². The molecule has 6 nitrogen and oxygen atoms in total. The first-order chi connectivity index (χ1) is 9.40. The highest BCUT2D eigenvalue weighted by Crippen LogP contribution is 2.15. The van der Waals surface area contributed by atoms with Gasteiger partial charge in [-0.2, -0.15) is 0 Å². The van der Waals surface area contributed by atoms with Crippen LogP contribution >= 0.6 is 0 Å². The second-order valence-corrected chi connectivity index (χ2v) is 6.07. The third kappa shape index (κ3) is 4.59. The normalized spacial score (nSPS) is 12.9. The van der Waals surface area contributed by atoms with Crippen molar-refractivity contribution >= 4 is 16.0 Å². The van der Waals surface area contributed by atoms with Crippen molar-refractivity contribution in [1.82, 2.24) is 10.0 Å². The summed E-state index contributed by atoms with van der Waals surface area (Å²) in [6, 6.07) is 6.76. The van der Waals surface area contributed by atoms with E-state index in [0.29, 0.717) is 0 Å². The molecule has 0 aliphatic carbocycles. The van der Waals surface area contributed by atoms with Gasteiger partial charge in [0.1, 0.15) is 0 Å². The minimum Gasteiger partial charge on any atom is -0.469 e. The van der Waals surface area contributed by atoms with Gasteiger partial charge in [-0.15, -0.1) is 0 Å². The zero-order valence-electron chi connectivity index (χ0n) is 11.8. The topological polar surface area (TPSA) is 84.5 Å². The quantitative estimate of drug-likeness (QED) is 0.728. The lowest BCUT2D eigenvalue weighted by molar-refractivity contribution is -0.140.